The number of hydrogen-bond donors (Lipinski definition) is 1. The summed E-state index contributed by atoms with van der Waals surface area (Å²) < 4.78 is 5.36. The minimum absolute atomic E-state index is 0.0672. The van der Waals surface area contributed by atoms with Gasteiger partial charge in [0.05, 0.1) is 6.04 Å². The summed E-state index contributed by atoms with van der Waals surface area (Å²) in [6.07, 6.45) is -0.300. The molecule has 1 aromatic rings. The molecule has 1 aliphatic heterocycles. The van der Waals surface area contributed by atoms with Gasteiger partial charge in [0, 0.05) is 5.02 Å². The Kier molecular flexibility index (Phi) is 3.14. The maximum atomic E-state index is 10.2. The fourth-order valence-corrected chi connectivity index (χ4v) is 1.79. The zero-order chi connectivity index (χ0) is 12.4. The second-order valence-electron chi connectivity index (χ2n) is 3.67. The average Bonchev–Trinajstić information content (AvgIpc) is 2.59. The molecule has 0 saturated carbocycles. The lowest BCUT2D eigenvalue weighted by Crippen LogP contribution is -2.25. The first-order valence-electron chi connectivity index (χ1n) is 4.98. The van der Waals surface area contributed by atoms with Gasteiger partial charge in [-0.05, 0) is 24.6 Å². The van der Waals surface area contributed by atoms with Gasteiger partial charge in [0.25, 0.3) is 0 Å². The molecule has 17 heavy (non-hydrogen) atoms. The first-order chi connectivity index (χ1) is 8.06. The van der Waals surface area contributed by atoms with Gasteiger partial charge >= 0.3 is 6.02 Å². The van der Waals surface area contributed by atoms with Gasteiger partial charge in [-0.25, -0.2) is 10.1 Å². The SMILES string of the molecule is C[C@H]1NC(=N[N+](=O)[O-])O[C@@H]1c1ccc(Cl)cc1. The van der Waals surface area contributed by atoms with Gasteiger partial charge in [0.1, 0.15) is 11.2 Å². The molecule has 1 aromatic carbocycles. The van der Waals surface area contributed by atoms with Crippen LogP contribution >= 0.6 is 11.6 Å². The van der Waals surface area contributed by atoms with Crippen LogP contribution in [0.1, 0.15) is 18.6 Å². The van der Waals surface area contributed by atoms with Gasteiger partial charge in [-0.1, -0.05) is 23.7 Å². The minimum Gasteiger partial charge on any atom is -0.451 e. The van der Waals surface area contributed by atoms with Gasteiger partial charge < -0.3 is 10.1 Å². The number of hydrogen-bond acceptors (Lipinski definition) is 3. The van der Waals surface area contributed by atoms with E-state index in [0.29, 0.717) is 5.02 Å². The summed E-state index contributed by atoms with van der Waals surface area (Å²) in [7, 11) is 0. The Balaban J connectivity index is 2.18. The molecule has 0 spiro atoms. The molecule has 0 unspecified atom stereocenters. The van der Waals surface area contributed by atoms with Crippen molar-refractivity contribution < 1.29 is 9.77 Å². The summed E-state index contributed by atoms with van der Waals surface area (Å²) in [5, 5.41) is 16.0. The number of nitro groups is 1. The highest BCUT2D eigenvalue weighted by molar-refractivity contribution is 6.30. The van der Waals surface area contributed by atoms with E-state index in [0.717, 1.165) is 5.56 Å². The summed E-state index contributed by atoms with van der Waals surface area (Å²) in [5.41, 5.74) is 0.892. The number of nitrogens with zero attached hydrogens (tertiary/aromatic N) is 2. The van der Waals surface area contributed by atoms with E-state index in [9.17, 15) is 10.1 Å². The molecule has 6 nitrogen and oxygen atoms in total. The molecule has 1 aliphatic rings. The number of amidine groups is 1. The maximum Gasteiger partial charge on any atom is 0.360 e. The first-order valence-corrected chi connectivity index (χ1v) is 5.35. The molecule has 0 radical (unpaired) electrons. The third-order valence-electron chi connectivity index (χ3n) is 2.41. The van der Waals surface area contributed by atoms with Crippen LogP contribution in [0.2, 0.25) is 5.02 Å². The van der Waals surface area contributed by atoms with Crippen LogP contribution in [0.5, 0.6) is 0 Å². The van der Waals surface area contributed by atoms with E-state index in [1.54, 1.807) is 12.1 Å². The van der Waals surface area contributed by atoms with Gasteiger partial charge in [0.15, 0.2) is 5.03 Å². The van der Waals surface area contributed by atoms with Crippen molar-refractivity contribution in [2.45, 2.75) is 19.1 Å². The smallest absolute Gasteiger partial charge is 0.360 e. The Bertz CT molecular complexity index is 460. The van der Waals surface area contributed by atoms with Crippen molar-refractivity contribution >= 4 is 17.6 Å². The summed E-state index contributed by atoms with van der Waals surface area (Å²) in [6.45, 7) is 1.86. The van der Waals surface area contributed by atoms with Crippen LogP contribution in [0.25, 0.3) is 0 Å². The van der Waals surface area contributed by atoms with E-state index in [-0.39, 0.29) is 18.2 Å². The van der Waals surface area contributed by atoms with Gasteiger partial charge in [0.2, 0.25) is 0 Å². The van der Waals surface area contributed by atoms with Gasteiger partial charge in [-0.15, -0.1) is 0 Å². The third kappa shape index (κ3) is 2.65. The van der Waals surface area contributed by atoms with E-state index >= 15 is 0 Å². The van der Waals surface area contributed by atoms with Crippen LogP contribution in [0.15, 0.2) is 29.4 Å². The molecule has 0 bridgehead atoms. The van der Waals surface area contributed by atoms with Crippen LogP contribution in [-0.2, 0) is 4.74 Å². The largest absolute Gasteiger partial charge is 0.451 e. The highest BCUT2D eigenvalue weighted by atomic mass is 35.5. The summed E-state index contributed by atoms with van der Waals surface area (Å²) in [4.78, 5) is 10.2. The predicted molar refractivity (Wildman–Crippen MR) is 62.3 cm³/mol. The van der Waals surface area contributed by atoms with Crippen molar-refractivity contribution in [1.29, 1.82) is 0 Å². The molecule has 0 aliphatic carbocycles. The van der Waals surface area contributed by atoms with E-state index < -0.39 is 5.03 Å². The number of ether oxygens (including phenoxy) is 1. The van der Waals surface area contributed by atoms with Gasteiger partial charge in [-0.2, -0.15) is 0 Å². The van der Waals surface area contributed by atoms with Crippen molar-refractivity contribution in [2.75, 3.05) is 0 Å². The Labute approximate surface area is 102 Å². The fraction of sp³-hybridized carbons (Fsp3) is 0.300. The highest BCUT2D eigenvalue weighted by Gasteiger charge is 2.32. The second-order valence-corrected chi connectivity index (χ2v) is 4.10. The lowest BCUT2D eigenvalue weighted by Gasteiger charge is -2.12. The zero-order valence-corrected chi connectivity index (χ0v) is 9.72. The molecule has 0 aromatic heterocycles. The topological polar surface area (TPSA) is 76.8 Å². The molecular formula is C10H10ClN3O3. The minimum atomic E-state index is -0.792. The zero-order valence-electron chi connectivity index (χ0n) is 8.96. The average molecular weight is 256 g/mol. The predicted octanol–water partition coefficient (Wildman–Crippen LogP) is 1.94. The number of halogens is 1. The molecule has 2 atom stereocenters. The van der Waals surface area contributed by atoms with Crippen LogP contribution in [0.3, 0.4) is 0 Å². The van der Waals surface area contributed by atoms with Crippen molar-refractivity contribution in [3.63, 3.8) is 0 Å². The number of hydrazone groups is 1. The van der Waals surface area contributed by atoms with Crippen LogP contribution in [-0.4, -0.2) is 17.1 Å². The number of rotatable bonds is 2. The summed E-state index contributed by atoms with van der Waals surface area (Å²) in [6, 6.07) is 6.98. The Hall–Kier alpha value is -1.82. The lowest BCUT2D eigenvalue weighted by molar-refractivity contribution is -0.486. The van der Waals surface area contributed by atoms with Crippen LogP contribution in [0, 0.1) is 10.1 Å². The van der Waals surface area contributed by atoms with Crippen LogP contribution in [0.4, 0.5) is 0 Å². The Morgan fingerprint density at radius 1 is 1.47 bits per heavy atom. The van der Waals surface area contributed by atoms with Crippen molar-refractivity contribution in [3.8, 4) is 0 Å². The molecule has 1 heterocycles. The molecule has 1 fully saturated rings. The Morgan fingerprint density at radius 2 is 2.12 bits per heavy atom. The fourth-order valence-electron chi connectivity index (χ4n) is 1.66. The van der Waals surface area contributed by atoms with E-state index in [4.69, 9.17) is 16.3 Å². The molecule has 0 amide bonds. The van der Waals surface area contributed by atoms with E-state index in [1.165, 1.54) is 0 Å². The highest BCUT2D eigenvalue weighted by Crippen LogP contribution is 2.27. The van der Waals surface area contributed by atoms with E-state index in [2.05, 4.69) is 10.4 Å². The summed E-state index contributed by atoms with van der Waals surface area (Å²) >= 11 is 5.78. The normalized spacial score (nSPS) is 25.4. The number of benzene rings is 1. The molecule has 7 heteroatoms. The monoisotopic (exact) mass is 255 g/mol. The third-order valence-corrected chi connectivity index (χ3v) is 2.67. The molecule has 90 valence electrons. The molecule has 1 saturated heterocycles. The lowest BCUT2D eigenvalue weighted by atomic mass is 10.0. The van der Waals surface area contributed by atoms with Crippen LogP contribution < -0.4 is 5.32 Å². The second kappa shape index (κ2) is 4.58. The summed E-state index contributed by atoms with van der Waals surface area (Å²) in [5.74, 6) is 0. The quantitative estimate of drug-likeness (QED) is 0.647. The standard InChI is InChI=1S/C10H10ClN3O3/c1-6-9(7-2-4-8(11)5-3-7)17-10(12-6)13-14(15)16/h2-6,9H,1H3,(H,12,13)/t6-,9+/m1/s1. The van der Waals surface area contributed by atoms with Gasteiger partial charge in [-0.3, -0.25) is 0 Å². The van der Waals surface area contributed by atoms with Crippen molar-refractivity contribution in [1.82, 2.24) is 5.32 Å². The maximum absolute atomic E-state index is 10.2. The molecular weight excluding hydrogens is 246 g/mol. The van der Waals surface area contributed by atoms with Crippen molar-refractivity contribution in [3.05, 3.63) is 45.0 Å². The van der Waals surface area contributed by atoms with Crippen molar-refractivity contribution in [2.24, 2.45) is 5.10 Å². The number of nitrogens with one attached hydrogen (secondary N) is 1. The molecule has 1 N–H and O–H groups in total. The van der Waals surface area contributed by atoms with E-state index in [1.807, 2.05) is 19.1 Å². The molecule has 2 rings (SSSR count). The Morgan fingerprint density at radius 3 is 2.71 bits per heavy atom. The first kappa shape index (κ1) is 11.7.